The molecule has 11 heteroatoms. The zero-order valence-electron chi connectivity index (χ0n) is 24.3. The Balaban J connectivity index is 1.16. The summed E-state index contributed by atoms with van der Waals surface area (Å²) in [5.74, 6) is 1.35. The highest BCUT2D eigenvalue weighted by atomic mass is 19.4. The maximum absolute atomic E-state index is 14.1. The van der Waals surface area contributed by atoms with Gasteiger partial charge in [0.1, 0.15) is 17.1 Å². The number of nitrogens with one attached hydrogen (secondary N) is 2. The average Bonchev–Trinajstić information content (AvgIpc) is 3.49. The Morgan fingerprint density at radius 3 is 2.58 bits per heavy atom. The van der Waals surface area contributed by atoms with Crippen molar-refractivity contribution >= 4 is 22.8 Å². The fraction of sp³-hybridized carbons (Fsp3) is 0.375. The van der Waals surface area contributed by atoms with E-state index >= 15 is 0 Å². The lowest BCUT2D eigenvalue weighted by Crippen LogP contribution is -2.45. The fourth-order valence-corrected chi connectivity index (χ4v) is 5.96. The second-order valence-electron chi connectivity index (χ2n) is 11.2. The lowest BCUT2D eigenvalue weighted by atomic mass is 9.95. The van der Waals surface area contributed by atoms with Crippen LogP contribution in [0.4, 0.5) is 23.7 Å². The zero-order valence-corrected chi connectivity index (χ0v) is 24.3. The molecule has 0 radical (unpaired) electrons. The number of aromatic nitrogens is 2. The molecule has 226 valence electrons. The Bertz CT molecular complexity index is 1630. The Labute approximate surface area is 248 Å². The molecule has 2 aromatic carbocycles. The maximum Gasteiger partial charge on any atom is 0.416 e. The van der Waals surface area contributed by atoms with Crippen LogP contribution in [-0.2, 0) is 25.7 Å². The average molecular weight is 593 g/mol. The number of H-pyrrole nitrogens is 1. The largest absolute Gasteiger partial charge is 0.456 e. The third kappa shape index (κ3) is 6.18. The van der Waals surface area contributed by atoms with Gasteiger partial charge in [-0.05, 0) is 72.5 Å². The molecule has 2 aromatic heterocycles. The number of halogens is 3. The first kappa shape index (κ1) is 29.0. The molecule has 6 rings (SSSR count). The van der Waals surface area contributed by atoms with Crippen molar-refractivity contribution in [2.45, 2.75) is 39.5 Å². The number of piperazine rings is 1. The lowest BCUT2D eigenvalue weighted by molar-refractivity contribution is -0.138. The number of anilines is 1. The number of benzene rings is 2. The van der Waals surface area contributed by atoms with Crippen LogP contribution < -0.4 is 10.1 Å². The van der Waals surface area contributed by atoms with Crippen molar-refractivity contribution in [1.29, 1.82) is 0 Å². The van der Waals surface area contributed by atoms with Crippen LogP contribution in [0.1, 0.15) is 34.7 Å². The van der Waals surface area contributed by atoms with E-state index in [1.807, 2.05) is 31.2 Å². The van der Waals surface area contributed by atoms with Gasteiger partial charge >= 0.3 is 12.2 Å². The summed E-state index contributed by atoms with van der Waals surface area (Å²) < 4.78 is 48.6. The van der Waals surface area contributed by atoms with Gasteiger partial charge in [0.15, 0.2) is 0 Å². The van der Waals surface area contributed by atoms with Crippen molar-refractivity contribution in [1.82, 2.24) is 24.7 Å². The molecule has 2 N–H and O–H groups in total. The number of ether oxygens (including phenoxy) is 1. The highest BCUT2D eigenvalue weighted by Crippen LogP contribution is 2.36. The standard InChI is InChI=1S/C32H35F3N6O2/c1-3-39-14-16-40(17-15-39)19-23-4-6-24(18-27(23)32(33,34)35)38-31(42)41-13-10-22-5-7-28(21(2)26(22)20-41)43-29-9-12-37-30-25(29)8-11-36-30/h4-9,11-12,18H,3,10,13-17,19-20H2,1-2H3,(H,36,37)(H,38,42). The fourth-order valence-electron chi connectivity index (χ4n) is 5.96. The van der Waals surface area contributed by atoms with E-state index in [2.05, 4.69) is 32.0 Å². The highest BCUT2D eigenvalue weighted by molar-refractivity contribution is 5.89. The smallest absolute Gasteiger partial charge is 0.416 e. The maximum atomic E-state index is 14.1. The zero-order chi connectivity index (χ0) is 30.1. The molecule has 4 aromatic rings. The van der Waals surface area contributed by atoms with E-state index in [4.69, 9.17) is 4.74 Å². The summed E-state index contributed by atoms with van der Waals surface area (Å²) >= 11 is 0. The number of fused-ring (bicyclic) bond motifs is 2. The number of hydrogen-bond acceptors (Lipinski definition) is 5. The summed E-state index contributed by atoms with van der Waals surface area (Å²) in [6.07, 6.45) is -0.405. The van der Waals surface area contributed by atoms with E-state index in [9.17, 15) is 18.0 Å². The van der Waals surface area contributed by atoms with Gasteiger partial charge in [0.05, 0.1) is 10.9 Å². The Kier molecular flexibility index (Phi) is 8.02. The predicted molar refractivity (Wildman–Crippen MR) is 159 cm³/mol. The molecule has 4 heterocycles. The van der Waals surface area contributed by atoms with Gasteiger partial charge in [-0.3, -0.25) is 4.90 Å². The van der Waals surface area contributed by atoms with Crippen LogP contribution >= 0.6 is 0 Å². The van der Waals surface area contributed by atoms with E-state index in [1.165, 1.54) is 6.07 Å². The van der Waals surface area contributed by atoms with Crippen molar-refractivity contribution in [3.05, 3.63) is 82.7 Å². The topological polar surface area (TPSA) is 76.7 Å². The predicted octanol–water partition coefficient (Wildman–Crippen LogP) is 6.41. The number of nitrogens with zero attached hydrogens (tertiary/aromatic N) is 4. The number of rotatable bonds is 6. The van der Waals surface area contributed by atoms with Crippen LogP contribution in [-0.4, -0.2) is 70.0 Å². The summed E-state index contributed by atoms with van der Waals surface area (Å²) in [5.41, 5.74) is 3.39. The molecule has 0 bridgehead atoms. The quantitative estimate of drug-likeness (QED) is 0.271. The molecular weight excluding hydrogens is 557 g/mol. The van der Waals surface area contributed by atoms with E-state index in [0.29, 0.717) is 31.0 Å². The molecule has 0 aliphatic carbocycles. The Morgan fingerprint density at radius 2 is 1.81 bits per heavy atom. The third-order valence-corrected chi connectivity index (χ3v) is 8.55. The number of carbonyl (C=O) groups is 1. The van der Waals surface area contributed by atoms with E-state index in [-0.39, 0.29) is 17.8 Å². The summed E-state index contributed by atoms with van der Waals surface area (Å²) in [5, 5.41) is 3.58. The number of hydrogen-bond donors (Lipinski definition) is 2. The molecule has 0 spiro atoms. The van der Waals surface area contributed by atoms with E-state index in [1.54, 1.807) is 23.4 Å². The molecule has 1 fully saturated rings. The van der Waals surface area contributed by atoms with Crippen LogP contribution in [0.3, 0.4) is 0 Å². The first-order valence-electron chi connectivity index (χ1n) is 14.6. The van der Waals surface area contributed by atoms with Crippen LogP contribution in [0.25, 0.3) is 11.0 Å². The highest BCUT2D eigenvalue weighted by Gasteiger charge is 2.34. The monoisotopic (exact) mass is 592 g/mol. The summed E-state index contributed by atoms with van der Waals surface area (Å²) in [6.45, 7) is 9.15. The molecular formula is C32H35F3N6O2. The van der Waals surface area contributed by atoms with Crippen LogP contribution in [0, 0.1) is 6.92 Å². The van der Waals surface area contributed by atoms with Crippen LogP contribution in [0.5, 0.6) is 11.5 Å². The minimum absolute atomic E-state index is 0.129. The molecule has 2 aliphatic heterocycles. The molecule has 0 saturated carbocycles. The summed E-state index contributed by atoms with van der Waals surface area (Å²) in [4.78, 5) is 26.6. The van der Waals surface area contributed by atoms with E-state index in [0.717, 1.165) is 66.5 Å². The van der Waals surface area contributed by atoms with Gasteiger partial charge in [-0.15, -0.1) is 0 Å². The molecule has 43 heavy (non-hydrogen) atoms. The van der Waals surface area contributed by atoms with Crippen LogP contribution in [0.2, 0.25) is 0 Å². The van der Waals surface area contributed by atoms with Gasteiger partial charge in [-0.1, -0.05) is 19.1 Å². The van der Waals surface area contributed by atoms with Gasteiger partial charge < -0.3 is 24.8 Å². The first-order valence-corrected chi connectivity index (χ1v) is 14.6. The number of amides is 2. The second-order valence-corrected chi connectivity index (χ2v) is 11.2. The molecule has 2 aliphatic rings. The minimum atomic E-state index is -4.53. The van der Waals surface area contributed by atoms with Crippen molar-refractivity contribution in [2.24, 2.45) is 0 Å². The lowest BCUT2D eigenvalue weighted by Gasteiger charge is -2.34. The normalized spacial score (nSPS) is 16.3. The van der Waals surface area contributed by atoms with Crippen molar-refractivity contribution in [2.75, 3.05) is 44.6 Å². The molecule has 0 unspecified atom stereocenters. The number of aromatic amines is 1. The van der Waals surface area contributed by atoms with Gasteiger partial charge in [0, 0.05) is 63.9 Å². The molecule has 0 atom stereocenters. The first-order chi connectivity index (χ1) is 20.7. The van der Waals surface area contributed by atoms with Crippen molar-refractivity contribution in [3.8, 4) is 11.5 Å². The SMILES string of the molecule is CCN1CCN(Cc2ccc(NC(=O)N3CCc4ccc(Oc5ccnc6[nH]ccc56)c(C)c4C3)cc2C(F)(F)F)CC1. The Hall–Kier alpha value is -4.09. The number of likely N-dealkylation sites (N-methyl/N-ethyl adjacent to an activating group) is 1. The van der Waals surface area contributed by atoms with Crippen molar-refractivity contribution < 1.29 is 22.7 Å². The van der Waals surface area contributed by atoms with Crippen LogP contribution in [0.15, 0.2) is 54.9 Å². The van der Waals surface area contributed by atoms with Gasteiger partial charge in [0.2, 0.25) is 0 Å². The molecule has 8 nitrogen and oxygen atoms in total. The minimum Gasteiger partial charge on any atom is -0.456 e. The van der Waals surface area contributed by atoms with Gasteiger partial charge in [0.25, 0.3) is 0 Å². The van der Waals surface area contributed by atoms with E-state index < -0.39 is 17.8 Å². The number of alkyl halides is 3. The number of carbonyl (C=O) groups excluding carboxylic acids is 1. The molecule has 2 amide bonds. The van der Waals surface area contributed by atoms with Gasteiger partial charge in [-0.25, -0.2) is 9.78 Å². The number of urea groups is 1. The van der Waals surface area contributed by atoms with Crippen molar-refractivity contribution in [3.63, 3.8) is 0 Å². The summed E-state index contributed by atoms with van der Waals surface area (Å²) in [6, 6.07) is 11.3. The number of pyridine rings is 1. The van der Waals surface area contributed by atoms with Gasteiger partial charge in [-0.2, -0.15) is 13.2 Å². The third-order valence-electron chi connectivity index (χ3n) is 8.55. The molecule has 1 saturated heterocycles. The summed E-state index contributed by atoms with van der Waals surface area (Å²) in [7, 11) is 0. The Morgan fingerprint density at radius 1 is 1.02 bits per heavy atom. The second kappa shape index (κ2) is 11.9.